The van der Waals surface area contributed by atoms with Crippen LogP contribution in [0.4, 0.5) is 5.69 Å². The summed E-state index contributed by atoms with van der Waals surface area (Å²) < 4.78 is 31.5. The molecule has 0 atom stereocenters. The minimum atomic E-state index is -3.52. The van der Waals surface area contributed by atoms with Crippen LogP contribution >= 0.6 is 0 Å². The van der Waals surface area contributed by atoms with E-state index >= 15 is 0 Å². The molecule has 0 radical (unpaired) electrons. The minimum Gasteiger partial charge on any atom is -0.452 e. The number of carbonyl (C=O) groups is 2. The van der Waals surface area contributed by atoms with Crippen LogP contribution in [0.3, 0.4) is 0 Å². The van der Waals surface area contributed by atoms with Crippen molar-refractivity contribution < 1.29 is 22.7 Å². The van der Waals surface area contributed by atoms with Gasteiger partial charge >= 0.3 is 5.97 Å². The van der Waals surface area contributed by atoms with E-state index in [2.05, 4.69) is 0 Å². The number of aryl methyl sites for hydroxylation is 1. The highest BCUT2D eigenvalue weighted by Crippen LogP contribution is 2.26. The molecule has 2 aromatic rings. The Balaban J connectivity index is 1.56. The Hall–Kier alpha value is -2.97. The number of hydrogen-bond donors (Lipinski definition) is 0. The Bertz CT molecular complexity index is 1090. The summed E-state index contributed by atoms with van der Waals surface area (Å²) in [5, 5.41) is 0. The molecule has 170 valence electrons. The molecule has 0 spiro atoms. The molecular formula is C24H28N2O5S. The molecule has 0 aromatic heterocycles. The maximum atomic E-state index is 12.5. The topological polar surface area (TPSA) is 84.0 Å². The second kappa shape index (κ2) is 10.6. The fourth-order valence-electron chi connectivity index (χ4n) is 3.68. The number of fused-ring (bicyclic) bond motifs is 1. The summed E-state index contributed by atoms with van der Waals surface area (Å²) in [6.07, 6.45) is 4.55. The molecule has 8 heteroatoms. The lowest BCUT2D eigenvalue weighted by molar-refractivity contribution is -0.142. The number of benzene rings is 2. The molecule has 32 heavy (non-hydrogen) atoms. The van der Waals surface area contributed by atoms with E-state index < -0.39 is 16.0 Å². The summed E-state index contributed by atoms with van der Waals surface area (Å²) in [6.45, 7) is 4.64. The molecule has 0 saturated heterocycles. The highest BCUT2D eigenvalue weighted by Gasteiger charge is 2.23. The maximum Gasteiger partial charge on any atom is 0.331 e. The second-order valence-electron chi connectivity index (χ2n) is 7.38. The van der Waals surface area contributed by atoms with E-state index in [1.165, 1.54) is 28.6 Å². The third-order valence-electron chi connectivity index (χ3n) is 5.38. The molecule has 3 rings (SSSR count). The van der Waals surface area contributed by atoms with Crippen molar-refractivity contribution in [1.82, 2.24) is 4.31 Å². The van der Waals surface area contributed by atoms with Crippen molar-refractivity contribution in [2.45, 2.75) is 31.6 Å². The predicted molar refractivity (Wildman–Crippen MR) is 124 cm³/mol. The number of carbonyl (C=O) groups excluding carboxylic acids is 2. The van der Waals surface area contributed by atoms with Crippen molar-refractivity contribution >= 4 is 33.7 Å². The van der Waals surface area contributed by atoms with Gasteiger partial charge in [-0.25, -0.2) is 13.2 Å². The van der Waals surface area contributed by atoms with E-state index in [0.717, 1.165) is 24.1 Å². The molecule has 0 unspecified atom stereocenters. The molecule has 0 saturated carbocycles. The van der Waals surface area contributed by atoms with Gasteiger partial charge in [0.25, 0.3) is 5.91 Å². The number of sulfonamides is 1. The van der Waals surface area contributed by atoms with Crippen LogP contribution < -0.4 is 4.90 Å². The van der Waals surface area contributed by atoms with Crippen molar-refractivity contribution in [3.8, 4) is 0 Å². The first-order chi connectivity index (χ1) is 15.4. The average Bonchev–Trinajstić information content (AvgIpc) is 2.81. The maximum absolute atomic E-state index is 12.5. The zero-order valence-corrected chi connectivity index (χ0v) is 19.2. The van der Waals surface area contributed by atoms with Crippen LogP contribution in [0, 0.1) is 0 Å². The van der Waals surface area contributed by atoms with Crippen molar-refractivity contribution in [2.75, 3.05) is 31.1 Å². The van der Waals surface area contributed by atoms with E-state index in [-0.39, 0.29) is 17.4 Å². The largest absolute Gasteiger partial charge is 0.452 e. The van der Waals surface area contributed by atoms with E-state index in [1.54, 1.807) is 30.9 Å². The number of rotatable bonds is 8. The molecule has 0 bridgehead atoms. The van der Waals surface area contributed by atoms with Gasteiger partial charge in [-0.2, -0.15) is 4.31 Å². The average molecular weight is 457 g/mol. The molecule has 0 fully saturated rings. The minimum absolute atomic E-state index is 0.202. The highest BCUT2D eigenvalue weighted by molar-refractivity contribution is 7.89. The number of anilines is 1. The molecule has 1 amide bonds. The summed E-state index contributed by atoms with van der Waals surface area (Å²) in [5.74, 6) is -0.895. The van der Waals surface area contributed by atoms with Crippen molar-refractivity contribution in [3.05, 3.63) is 65.7 Å². The van der Waals surface area contributed by atoms with Crippen LogP contribution in [0.15, 0.2) is 59.5 Å². The molecule has 2 aromatic carbocycles. The predicted octanol–water partition coefficient (Wildman–Crippen LogP) is 3.25. The lowest BCUT2D eigenvalue weighted by Gasteiger charge is -2.29. The van der Waals surface area contributed by atoms with Crippen LogP contribution in [0.5, 0.6) is 0 Å². The fourth-order valence-corrected chi connectivity index (χ4v) is 5.14. The number of para-hydroxylation sites is 1. The molecular weight excluding hydrogens is 428 g/mol. The first-order valence-electron chi connectivity index (χ1n) is 10.7. The lowest BCUT2D eigenvalue weighted by atomic mass is 10.0. The molecule has 7 nitrogen and oxygen atoms in total. The number of nitrogens with zero attached hydrogens (tertiary/aromatic N) is 2. The van der Waals surface area contributed by atoms with Crippen LogP contribution in [0.25, 0.3) is 6.08 Å². The Morgan fingerprint density at radius 3 is 2.44 bits per heavy atom. The number of esters is 1. The molecule has 0 N–H and O–H groups in total. The summed E-state index contributed by atoms with van der Waals surface area (Å²) in [4.78, 5) is 26.5. The Kier molecular flexibility index (Phi) is 7.82. The van der Waals surface area contributed by atoms with Gasteiger partial charge in [0.15, 0.2) is 6.61 Å². The molecule has 1 heterocycles. The van der Waals surface area contributed by atoms with Gasteiger partial charge in [0, 0.05) is 31.4 Å². The van der Waals surface area contributed by atoms with Gasteiger partial charge in [-0.1, -0.05) is 44.2 Å². The second-order valence-corrected chi connectivity index (χ2v) is 9.31. The molecule has 1 aliphatic heterocycles. The molecule has 0 aliphatic carbocycles. The monoisotopic (exact) mass is 456 g/mol. The highest BCUT2D eigenvalue weighted by atomic mass is 32.2. The van der Waals surface area contributed by atoms with Gasteiger partial charge in [0.2, 0.25) is 10.0 Å². The number of hydrogen-bond acceptors (Lipinski definition) is 5. The van der Waals surface area contributed by atoms with Crippen molar-refractivity contribution in [1.29, 1.82) is 0 Å². The third-order valence-corrected chi connectivity index (χ3v) is 7.45. The number of ether oxygens (including phenoxy) is 1. The van der Waals surface area contributed by atoms with Gasteiger partial charge < -0.3 is 9.64 Å². The Morgan fingerprint density at radius 1 is 1.06 bits per heavy atom. The van der Waals surface area contributed by atoms with E-state index in [0.29, 0.717) is 25.2 Å². The summed E-state index contributed by atoms with van der Waals surface area (Å²) in [6, 6.07) is 14.0. The van der Waals surface area contributed by atoms with E-state index in [4.69, 9.17) is 4.74 Å². The summed E-state index contributed by atoms with van der Waals surface area (Å²) >= 11 is 0. The standard InChI is InChI=1S/C24H28N2O5S/c1-3-25(4-2)32(29,30)21-14-11-19(12-15-21)13-16-24(28)31-18-23(27)26-17-7-9-20-8-5-6-10-22(20)26/h5-6,8,10-16H,3-4,7,9,17-18H2,1-2H3/b16-13+. The quantitative estimate of drug-likeness (QED) is 0.450. The zero-order valence-electron chi connectivity index (χ0n) is 18.4. The van der Waals surface area contributed by atoms with Crippen LogP contribution in [0.2, 0.25) is 0 Å². The fraction of sp³-hybridized carbons (Fsp3) is 0.333. The van der Waals surface area contributed by atoms with Gasteiger partial charge in [-0.15, -0.1) is 0 Å². The first-order valence-corrected chi connectivity index (χ1v) is 12.1. The number of amides is 1. The zero-order chi connectivity index (χ0) is 23.1. The first kappa shape index (κ1) is 23.7. The Morgan fingerprint density at radius 2 is 1.75 bits per heavy atom. The lowest BCUT2D eigenvalue weighted by Crippen LogP contribution is -2.38. The van der Waals surface area contributed by atoms with Gasteiger partial charge in [-0.05, 0) is 48.2 Å². The van der Waals surface area contributed by atoms with Crippen molar-refractivity contribution in [2.24, 2.45) is 0 Å². The van der Waals surface area contributed by atoms with Crippen LogP contribution in [-0.2, 0) is 30.8 Å². The summed E-state index contributed by atoms with van der Waals surface area (Å²) in [7, 11) is -3.52. The van der Waals surface area contributed by atoms with E-state index in [1.807, 2.05) is 24.3 Å². The SMILES string of the molecule is CCN(CC)S(=O)(=O)c1ccc(/C=C/C(=O)OCC(=O)N2CCCc3ccccc32)cc1. The van der Waals surface area contributed by atoms with Crippen LogP contribution in [0.1, 0.15) is 31.4 Å². The van der Waals surface area contributed by atoms with Crippen LogP contribution in [-0.4, -0.2) is 50.8 Å². The summed E-state index contributed by atoms with van der Waals surface area (Å²) in [5.41, 5.74) is 2.64. The smallest absolute Gasteiger partial charge is 0.331 e. The van der Waals surface area contributed by atoms with Gasteiger partial charge in [-0.3, -0.25) is 4.79 Å². The van der Waals surface area contributed by atoms with Crippen molar-refractivity contribution in [3.63, 3.8) is 0 Å². The van der Waals surface area contributed by atoms with Gasteiger partial charge in [0.1, 0.15) is 0 Å². The van der Waals surface area contributed by atoms with Gasteiger partial charge in [0.05, 0.1) is 4.90 Å². The molecule has 1 aliphatic rings. The normalized spacial score (nSPS) is 13.9. The Labute approximate surface area is 189 Å². The third kappa shape index (κ3) is 5.44. The van der Waals surface area contributed by atoms with E-state index in [9.17, 15) is 18.0 Å².